The highest BCUT2D eigenvalue weighted by molar-refractivity contribution is 6.06. The van der Waals surface area contributed by atoms with Crippen molar-refractivity contribution in [3.63, 3.8) is 0 Å². The minimum atomic E-state index is -0.281. The van der Waals surface area contributed by atoms with Gasteiger partial charge in [-0.05, 0) is 43.7 Å². The molecule has 3 aromatic heterocycles. The average molecular weight is 471 g/mol. The highest BCUT2D eigenvalue weighted by atomic mass is 16.5. The second-order valence-corrected chi connectivity index (χ2v) is 9.10. The number of rotatable bonds is 6. The fraction of sp³-hybridized carbons (Fsp3) is 0.269. The first-order valence-electron chi connectivity index (χ1n) is 11.5. The number of carbonyl (C=O) groups excluding carboxylic acids is 1. The maximum Gasteiger partial charge on any atom is 0.278 e. The van der Waals surface area contributed by atoms with Crippen LogP contribution in [0.15, 0.2) is 58.1 Å². The van der Waals surface area contributed by atoms with Crippen LogP contribution in [0.25, 0.3) is 21.9 Å². The molecule has 3 heterocycles. The summed E-state index contributed by atoms with van der Waals surface area (Å²) >= 11 is 0. The number of aryl methyl sites for hydroxylation is 2. The Labute approximate surface area is 201 Å². The number of fused-ring (bicyclic) bond motifs is 3. The lowest BCUT2D eigenvalue weighted by Gasteiger charge is -2.10. The number of hydrogen-bond acceptors (Lipinski definition) is 6. The lowest BCUT2D eigenvalue weighted by Crippen LogP contribution is -2.25. The summed E-state index contributed by atoms with van der Waals surface area (Å²) < 4.78 is 8.48. The summed E-state index contributed by atoms with van der Waals surface area (Å²) in [5, 5.41) is 7.72. The van der Waals surface area contributed by atoms with E-state index in [2.05, 4.69) is 20.4 Å². The molecule has 0 saturated carbocycles. The van der Waals surface area contributed by atoms with E-state index in [1.807, 2.05) is 70.2 Å². The van der Waals surface area contributed by atoms with Crippen molar-refractivity contribution in [1.29, 1.82) is 0 Å². The van der Waals surface area contributed by atoms with E-state index in [-0.39, 0.29) is 30.5 Å². The quantitative estimate of drug-likeness (QED) is 0.399. The molecule has 9 heteroatoms. The Balaban J connectivity index is 1.58. The van der Waals surface area contributed by atoms with Crippen molar-refractivity contribution in [3.05, 3.63) is 82.0 Å². The molecule has 1 amide bonds. The predicted octanol–water partition coefficient (Wildman–Crippen LogP) is 4.16. The summed E-state index contributed by atoms with van der Waals surface area (Å²) in [6, 6.07) is 13.5. The number of benzene rings is 2. The van der Waals surface area contributed by atoms with Crippen molar-refractivity contribution in [1.82, 2.24) is 24.3 Å². The zero-order chi connectivity index (χ0) is 24.7. The van der Waals surface area contributed by atoms with Crippen LogP contribution in [0.5, 0.6) is 0 Å². The molecule has 9 nitrogen and oxygen atoms in total. The number of aromatic nitrogens is 5. The number of amides is 1. The molecule has 0 aliphatic rings. The first-order chi connectivity index (χ1) is 16.8. The highest BCUT2D eigenvalue weighted by Gasteiger charge is 2.20. The summed E-state index contributed by atoms with van der Waals surface area (Å²) in [6.45, 7) is 7.95. The van der Waals surface area contributed by atoms with Crippen molar-refractivity contribution < 1.29 is 9.32 Å². The zero-order valence-corrected chi connectivity index (χ0v) is 20.1. The van der Waals surface area contributed by atoms with Crippen molar-refractivity contribution in [3.8, 4) is 0 Å². The van der Waals surface area contributed by atoms with Gasteiger partial charge in [-0.1, -0.05) is 42.8 Å². The molecule has 1 N–H and O–H groups in total. The lowest BCUT2D eigenvalue weighted by atomic mass is 10.1. The smallest absolute Gasteiger partial charge is 0.278 e. The third kappa shape index (κ3) is 4.32. The number of hydrogen-bond donors (Lipinski definition) is 1. The Hall–Kier alpha value is -4.27. The summed E-state index contributed by atoms with van der Waals surface area (Å²) in [6.07, 6.45) is 1.49. The molecule has 0 spiro atoms. The van der Waals surface area contributed by atoms with Crippen molar-refractivity contribution in [2.75, 3.05) is 5.32 Å². The Bertz CT molecular complexity index is 1630. The van der Waals surface area contributed by atoms with Crippen LogP contribution < -0.4 is 10.9 Å². The first kappa shape index (κ1) is 22.5. The summed E-state index contributed by atoms with van der Waals surface area (Å²) in [7, 11) is 0. The van der Waals surface area contributed by atoms with Crippen LogP contribution in [0.3, 0.4) is 0 Å². The maximum absolute atomic E-state index is 13.6. The third-order valence-electron chi connectivity index (χ3n) is 5.89. The number of carbonyl (C=O) groups is 1. The van der Waals surface area contributed by atoms with E-state index >= 15 is 0 Å². The van der Waals surface area contributed by atoms with Gasteiger partial charge in [-0.15, -0.1) is 0 Å². The van der Waals surface area contributed by atoms with Gasteiger partial charge in [0.25, 0.3) is 5.56 Å². The molecular weight excluding hydrogens is 444 g/mol. The minimum Gasteiger partial charge on any atom is -0.337 e. The van der Waals surface area contributed by atoms with E-state index in [0.29, 0.717) is 28.4 Å². The second kappa shape index (κ2) is 8.83. The molecular formula is C26H26N6O3. The van der Waals surface area contributed by atoms with Gasteiger partial charge in [0, 0.05) is 17.0 Å². The van der Waals surface area contributed by atoms with Crippen LogP contribution in [-0.2, 0) is 17.9 Å². The Kier molecular flexibility index (Phi) is 5.68. The van der Waals surface area contributed by atoms with E-state index in [0.717, 1.165) is 22.0 Å². The van der Waals surface area contributed by atoms with E-state index in [9.17, 15) is 9.59 Å². The van der Waals surface area contributed by atoms with Gasteiger partial charge in [0.15, 0.2) is 5.82 Å². The molecule has 0 fully saturated rings. The van der Waals surface area contributed by atoms with E-state index < -0.39 is 0 Å². The van der Waals surface area contributed by atoms with Crippen molar-refractivity contribution in [2.45, 2.75) is 46.7 Å². The number of anilines is 1. The predicted molar refractivity (Wildman–Crippen MR) is 134 cm³/mol. The van der Waals surface area contributed by atoms with E-state index in [1.165, 1.54) is 10.9 Å². The van der Waals surface area contributed by atoms with Gasteiger partial charge in [-0.3, -0.25) is 14.2 Å². The Morgan fingerprint density at radius 3 is 2.66 bits per heavy atom. The molecule has 0 saturated heterocycles. The van der Waals surface area contributed by atoms with Crippen molar-refractivity contribution >= 4 is 33.5 Å². The molecule has 0 radical (unpaired) electrons. The molecule has 0 bridgehead atoms. The molecule has 0 atom stereocenters. The highest BCUT2D eigenvalue weighted by Crippen LogP contribution is 2.26. The van der Waals surface area contributed by atoms with Crippen LogP contribution in [0.1, 0.15) is 42.6 Å². The van der Waals surface area contributed by atoms with Gasteiger partial charge in [-0.25, -0.2) is 4.98 Å². The molecule has 178 valence electrons. The third-order valence-corrected chi connectivity index (χ3v) is 5.89. The maximum atomic E-state index is 13.6. The van der Waals surface area contributed by atoms with Crippen LogP contribution in [0.4, 0.5) is 5.69 Å². The monoisotopic (exact) mass is 470 g/mol. The van der Waals surface area contributed by atoms with Gasteiger partial charge < -0.3 is 14.4 Å². The second-order valence-electron chi connectivity index (χ2n) is 9.10. The Morgan fingerprint density at radius 2 is 1.91 bits per heavy atom. The van der Waals surface area contributed by atoms with Gasteiger partial charge in [-0.2, -0.15) is 4.98 Å². The topological polar surface area (TPSA) is 108 Å². The number of nitrogens with one attached hydrogen (secondary N) is 1. The molecule has 2 aromatic carbocycles. The van der Waals surface area contributed by atoms with Crippen LogP contribution in [-0.4, -0.2) is 30.2 Å². The Morgan fingerprint density at radius 1 is 1.11 bits per heavy atom. The summed E-state index contributed by atoms with van der Waals surface area (Å²) in [5.41, 5.74) is 4.20. The fourth-order valence-electron chi connectivity index (χ4n) is 4.17. The minimum absolute atomic E-state index is 0.0318. The standard InChI is InChI=1S/C26H26N6O3/c1-15(2)25-29-22(35-30-25)13-31-14-27-23-19-11-17(4)8-9-20(19)32(24(23)26(31)34)12-21(33)28-18-7-5-6-16(3)10-18/h5-11,14-15H,12-13H2,1-4H3,(H,28,33). The lowest BCUT2D eigenvalue weighted by molar-refractivity contribution is -0.116. The normalized spacial score (nSPS) is 11.6. The molecule has 0 aliphatic carbocycles. The molecule has 0 unspecified atom stereocenters. The first-order valence-corrected chi connectivity index (χ1v) is 11.5. The van der Waals surface area contributed by atoms with Gasteiger partial charge in [0.05, 0.1) is 11.8 Å². The SMILES string of the molecule is Cc1cccc(NC(=O)Cn2c3ccc(C)cc3c3ncn(Cc4nc(C(C)C)no4)c(=O)c32)c1. The van der Waals surface area contributed by atoms with Crippen LogP contribution in [0.2, 0.25) is 0 Å². The van der Waals surface area contributed by atoms with Gasteiger partial charge in [0.2, 0.25) is 11.8 Å². The van der Waals surface area contributed by atoms with E-state index in [4.69, 9.17) is 4.52 Å². The zero-order valence-electron chi connectivity index (χ0n) is 20.1. The van der Waals surface area contributed by atoms with Gasteiger partial charge >= 0.3 is 0 Å². The van der Waals surface area contributed by atoms with Crippen LogP contribution in [0, 0.1) is 13.8 Å². The summed E-state index contributed by atoms with van der Waals surface area (Å²) in [4.78, 5) is 35.6. The largest absolute Gasteiger partial charge is 0.337 e. The molecule has 5 aromatic rings. The molecule has 5 rings (SSSR count). The van der Waals surface area contributed by atoms with Crippen molar-refractivity contribution in [2.24, 2.45) is 0 Å². The average Bonchev–Trinajstić information content (AvgIpc) is 3.39. The van der Waals surface area contributed by atoms with E-state index in [1.54, 1.807) is 4.57 Å². The van der Waals surface area contributed by atoms with Gasteiger partial charge in [0.1, 0.15) is 24.1 Å². The summed E-state index contributed by atoms with van der Waals surface area (Å²) in [5.74, 6) is 0.790. The number of nitrogens with zero attached hydrogens (tertiary/aromatic N) is 5. The van der Waals surface area contributed by atoms with Crippen LogP contribution >= 0.6 is 0 Å². The fourth-order valence-corrected chi connectivity index (χ4v) is 4.17. The molecule has 35 heavy (non-hydrogen) atoms. The molecule has 0 aliphatic heterocycles.